The van der Waals surface area contributed by atoms with Gasteiger partial charge in [0.25, 0.3) is 11.8 Å². The Morgan fingerprint density at radius 3 is 2.53 bits per heavy atom. The number of carbonyl (C=O) groups is 4. The van der Waals surface area contributed by atoms with Crippen LogP contribution in [-0.4, -0.2) is 70.5 Å². The summed E-state index contributed by atoms with van der Waals surface area (Å²) < 4.78 is 0. The molecule has 3 saturated heterocycles. The average molecular weight is 485 g/mol. The summed E-state index contributed by atoms with van der Waals surface area (Å²) in [6.07, 6.45) is 2.97. The Hall–Kier alpha value is -3.68. The molecule has 4 atom stereocenters. The van der Waals surface area contributed by atoms with Crippen LogP contribution in [0, 0.1) is 11.8 Å². The molecule has 5 aliphatic rings. The van der Waals surface area contributed by atoms with E-state index in [1.54, 1.807) is 34.1 Å². The molecule has 5 aliphatic heterocycles. The van der Waals surface area contributed by atoms with E-state index in [9.17, 15) is 19.2 Å². The first-order valence-corrected chi connectivity index (χ1v) is 12.9. The minimum atomic E-state index is -0.629. The van der Waals surface area contributed by atoms with Crippen LogP contribution in [0.1, 0.15) is 58.1 Å². The molecule has 8 nitrogen and oxygen atoms in total. The number of piperidine rings is 3. The van der Waals surface area contributed by atoms with E-state index < -0.39 is 6.17 Å². The van der Waals surface area contributed by atoms with Gasteiger partial charge in [-0.15, -0.1) is 0 Å². The second-order valence-corrected chi connectivity index (χ2v) is 10.8. The Labute approximate surface area is 209 Å². The lowest BCUT2D eigenvalue weighted by molar-refractivity contribution is -0.149. The number of rotatable bonds is 2. The van der Waals surface area contributed by atoms with Gasteiger partial charge in [-0.05, 0) is 49.3 Å². The maximum atomic E-state index is 13.7. The van der Waals surface area contributed by atoms with Crippen molar-refractivity contribution in [2.24, 2.45) is 11.8 Å². The van der Waals surface area contributed by atoms with E-state index in [4.69, 9.17) is 0 Å². The van der Waals surface area contributed by atoms with E-state index in [2.05, 4.69) is 4.90 Å². The van der Waals surface area contributed by atoms with Crippen molar-refractivity contribution in [3.05, 3.63) is 65.2 Å². The molecule has 7 rings (SSSR count). The first-order chi connectivity index (χ1) is 17.5. The summed E-state index contributed by atoms with van der Waals surface area (Å²) in [6, 6.07) is 14.7. The smallest absolute Gasteiger partial charge is 0.260 e. The molecule has 2 unspecified atom stereocenters. The van der Waals surface area contributed by atoms with E-state index in [0.717, 1.165) is 31.4 Å². The van der Waals surface area contributed by atoms with Crippen LogP contribution < -0.4 is 4.90 Å². The molecule has 36 heavy (non-hydrogen) atoms. The highest BCUT2D eigenvalue weighted by molar-refractivity contribution is 6.17. The van der Waals surface area contributed by atoms with Gasteiger partial charge in [0.2, 0.25) is 11.8 Å². The van der Waals surface area contributed by atoms with Gasteiger partial charge in [0, 0.05) is 43.2 Å². The van der Waals surface area contributed by atoms with Crippen molar-refractivity contribution in [2.45, 2.75) is 37.9 Å². The first-order valence-electron chi connectivity index (χ1n) is 12.9. The van der Waals surface area contributed by atoms with Crippen LogP contribution in [0.25, 0.3) is 0 Å². The number of benzene rings is 2. The number of para-hydroxylation sites is 1. The number of hydrogen-bond donors (Lipinski definition) is 0. The van der Waals surface area contributed by atoms with Crippen LogP contribution >= 0.6 is 0 Å². The zero-order chi connectivity index (χ0) is 24.6. The SMILES string of the molecule is O=C(CN1C(=O)c2ccccc2N2C(=O)c3ccccc3C12)N1C[C@H]2C[C@@H](C1)C1CCCC(=O)N1C2. The number of likely N-dealkylation sites (tertiary alicyclic amines) is 1. The highest BCUT2D eigenvalue weighted by atomic mass is 16.2. The largest absolute Gasteiger partial charge is 0.340 e. The molecule has 3 fully saturated rings. The van der Waals surface area contributed by atoms with Crippen LogP contribution in [0.2, 0.25) is 0 Å². The number of amides is 4. The summed E-state index contributed by atoms with van der Waals surface area (Å²) >= 11 is 0. The number of carbonyl (C=O) groups excluding carboxylic acids is 4. The van der Waals surface area contributed by atoms with Crippen LogP contribution in [0.4, 0.5) is 5.69 Å². The molecule has 0 spiro atoms. The molecule has 8 heteroatoms. The van der Waals surface area contributed by atoms with Gasteiger partial charge in [-0.2, -0.15) is 0 Å². The quantitative estimate of drug-likeness (QED) is 0.657. The fourth-order valence-corrected chi connectivity index (χ4v) is 7.19. The number of anilines is 1. The van der Waals surface area contributed by atoms with E-state index in [0.29, 0.717) is 36.3 Å². The van der Waals surface area contributed by atoms with E-state index >= 15 is 0 Å². The molecule has 2 aromatic carbocycles. The van der Waals surface area contributed by atoms with Gasteiger partial charge in [-0.1, -0.05) is 30.3 Å². The summed E-state index contributed by atoms with van der Waals surface area (Å²) in [5.74, 6) is 0.337. The van der Waals surface area contributed by atoms with Gasteiger partial charge in [-0.3, -0.25) is 24.1 Å². The van der Waals surface area contributed by atoms with Crippen LogP contribution in [-0.2, 0) is 9.59 Å². The fraction of sp³-hybridized carbons (Fsp3) is 0.429. The zero-order valence-electron chi connectivity index (χ0n) is 20.0. The van der Waals surface area contributed by atoms with Gasteiger partial charge in [0.15, 0.2) is 0 Å². The second-order valence-electron chi connectivity index (χ2n) is 10.8. The maximum absolute atomic E-state index is 13.7. The van der Waals surface area contributed by atoms with E-state index in [1.807, 2.05) is 29.2 Å². The predicted molar refractivity (Wildman–Crippen MR) is 131 cm³/mol. The molecular formula is C28H28N4O4. The molecule has 0 aromatic heterocycles. The lowest BCUT2D eigenvalue weighted by Gasteiger charge is -2.52. The molecular weight excluding hydrogens is 456 g/mol. The van der Waals surface area contributed by atoms with E-state index in [-0.39, 0.29) is 48.1 Å². The summed E-state index contributed by atoms with van der Waals surface area (Å²) in [6.45, 7) is 1.86. The minimum absolute atomic E-state index is 0.0807. The van der Waals surface area contributed by atoms with Gasteiger partial charge in [-0.25, -0.2) is 0 Å². The Balaban J connectivity index is 1.19. The topological polar surface area (TPSA) is 81.2 Å². The maximum Gasteiger partial charge on any atom is 0.260 e. The molecule has 0 saturated carbocycles. The third kappa shape index (κ3) is 3.06. The van der Waals surface area contributed by atoms with Crippen molar-refractivity contribution >= 4 is 29.3 Å². The highest BCUT2D eigenvalue weighted by Gasteiger charge is 2.49. The number of hydrogen-bond acceptors (Lipinski definition) is 4. The first kappa shape index (κ1) is 21.6. The van der Waals surface area contributed by atoms with Gasteiger partial charge in [0.05, 0.1) is 11.3 Å². The number of nitrogens with zero attached hydrogens (tertiary/aromatic N) is 4. The summed E-state index contributed by atoms with van der Waals surface area (Å²) in [7, 11) is 0. The monoisotopic (exact) mass is 484 g/mol. The summed E-state index contributed by atoms with van der Waals surface area (Å²) in [5, 5.41) is 0. The Morgan fingerprint density at radius 2 is 1.67 bits per heavy atom. The Bertz CT molecular complexity index is 1310. The molecule has 0 aliphatic carbocycles. The highest BCUT2D eigenvalue weighted by Crippen LogP contribution is 2.45. The standard InChI is InChI=1S/C28H28N4O4/c33-24-11-5-10-22-18-12-17(14-30(22)24)13-29(15-18)25(34)16-31-26-19-6-1-2-7-20(19)28(36)32(26)23-9-4-3-8-21(23)27(31)35/h1-4,6-9,17-18,22,26H,5,10-16H2/t17-,18+,22?,26?/m1/s1. The molecule has 4 amide bonds. The summed E-state index contributed by atoms with van der Waals surface area (Å²) in [5.41, 5.74) is 2.35. The molecule has 0 N–H and O–H groups in total. The van der Waals surface area contributed by atoms with Crippen molar-refractivity contribution in [1.82, 2.24) is 14.7 Å². The number of fused-ring (bicyclic) bond motifs is 9. The van der Waals surface area contributed by atoms with E-state index in [1.165, 1.54) is 0 Å². The third-order valence-corrected chi connectivity index (χ3v) is 8.72. The summed E-state index contributed by atoms with van der Waals surface area (Å²) in [4.78, 5) is 60.4. The van der Waals surface area contributed by atoms with Crippen LogP contribution in [0.5, 0.6) is 0 Å². The van der Waals surface area contributed by atoms with Crippen molar-refractivity contribution in [1.29, 1.82) is 0 Å². The molecule has 184 valence electrons. The van der Waals surface area contributed by atoms with Crippen molar-refractivity contribution in [3.8, 4) is 0 Å². The van der Waals surface area contributed by atoms with Crippen LogP contribution in [0.3, 0.4) is 0 Å². The van der Waals surface area contributed by atoms with Crippen molar-refractivity contribution in [2.75, 3.05) is 31.1 Å². The third-order valence-electron chi connectivity index (χ3n) is 8.72. The molecule has 0 radical (unpaired) electrons. The van der Waals surface area contributed by atoms with Crippen LogP contribution in [0.15, 0.2) is 48.5 Å². The predicted octanol–water partition coefficient (Wildman–Crippen LogP) is 2.66. The Morgan fingerprint density at radius 1 is 0.889 bits per heavy atom. The zero-order valence-corrected chi connectivity index (χ0v) is 20.0. The van der Waals surface area contributed by atoms with Crippen molar-refractivity contribution in [3.63, 3.8) is 0 Å². The van der Waals surface area contributed by atoms with Crippen molar-refractivity contribution < 1.29 is 19.2 Å². The Kier molecular flexibility index (Phi) is 4.75. The molecule has 2 bridgehead atoms. The average Bonchev–Trinajstić information content (AvgIpc) is 3.19. The fourth-order valence-electron chi connectivity index (χ4n) is 7.19. The molecule has 5 heterocycles. The second kappa shape index (κ2) is 7.91. The lowest BCUT2D eigenvalue weighted by Crippen LogP contribution is -2.62. The molecule has 2 aromatic rings. The normalized spacial score (nSPS) is 28.5. The minimum Gasteiger partial charge on any atom is -0.340 e. The lowest BCUT2D eigenvalue weighted by atomic mass is 9.76. The van der Waals surface area contributed by atoms with Gasteiger partial charge >= 0.3 is 0 Å². The van der Waals surface area contributed by atoms with Gasteiger partial charge < -0.3 is 14.7 Å². The van der Waals surface area contributed by atoms with Gasteiger partial charge in [0.1, 0.15) is 12.7 Å².